The Morgan fingerprint density at radius 3 is 2.63 bits per heavy atom. The molecule has 4 rings (SSSR count). The molecule has 0 amide bonds. The zero-order chi connectivity index (χ0) is 19.1. The van der Waals surface area contributed by atoms with Gasteiger partial charge in [-0.1, -0.05) is 13.0 Å². The third kappa shape index (κ3) is 2.63. The topological polar surface area (TPSA) is 66.4 Å². The Morgan fingerprint density at radius 2 is 1.93 bits per heavy atom. The summed E-state index contributed by atoms with van der Waals surface area (Å²) in [7, 11) is 3.14. The van der Waals surface area contributed by atoms with Gasteiger partial charge in [0.05, 0.1) is 14.2 Å². The molecule has 142 valence electrons. The maximum atomic E-state index is 10.5. The summed E-state index contributed by atoms with van der Waals surface area (Å²) in [5.41, 5.74) is 2.59. The monoisotopic (exact) mass is 370 g/mol. The normalized spacial score (nSPS) is 19.4. The maximum Gasteiger partial charge on any atom is 0.231 e. The number of phenols is 1. The van der Waals surface area contributed by atoms with E-state index in [1.807, 2.05) is 18.2 Å². The second-order valence-electron chi connectivity index (χ2n) is 6.60. The Morgan fingerprint density at radius 1 is 1.15 bits per heavy atom. The van der Waals surface area contributed by atoms with Gasteiger partial charge in [0.25, 0.3) is 0 Å². The molecule has 2 aliphatic heterocycles. The average Bonchev–Trinajstić information content (AvgIpc) is 3.27. The predicted molar refractivity (Wildman–Crippen MR) is 99.5 cm³/mol. The Kier molecular flexibility index (Phi) is 4.26. The number of ether oxygens (including phenoxy) is 5. The van der Waals surface area contributed by atoms with Crippen molar-refractivity contribution in [2.75, 3.05) is 21.0 Å². The van der Waals surface area contributed by atoms with Gasteiger partial charge in [-0.05, 0) is 24.6 Å². The predicted octanol–water partition coefficient (Wildman–Crippen LogP) is 4.10. The molecule has 0 saturated heterocycles. The van der Waals surface area contributed by atoms with Crippen LogP contribution in [0.3, 0.4) is 0 Å². The molecule has 2 aliphatic rings. The average molecular weight is 370 g/mol. The van der Waals surface area contributed by atoms with Crippen molar-refractivity contribution in [3.8, 4) is 34.5 Å². The highest BCUT2D eigenvalue weighted by Crippen LogP contribution is 2.54. The van der Waals surface area contributed by atoms with E-state index in [0.29, 0.717) is 40.7 Å². The van der Waals surface area contributed by atoms with Crippen LogP contribution in [-0.4, -0.2) is 26.1 Å². The first kappa shape index (κ1) is 17.4. The molecule has 2 heterocycles. The van der Waals surface area contributed by atoms with Crippen LogP contribution in [-0.2, 0) is 6.42 Å². The minimum Gasteiger partial charge on any atom is -0.504 e. The lowest BCUT2D eigenvalue weighted by Crippen LogP contribution is -2.07. The van der Waals surface area contributed by atoms with Gasteiger partial charge in [0.2, 0.25) is 12.5 Å². The molecule has 2 atom stereocenters. The van der Waals surface area contributed by atoms with Crippen LogP contribution in [0.5, 0.6) is 34.5 Å². The number of allylic oxidation sites excluding steroid dienone is 1. The minimum absolute atomic E-state index is 0.0446. The Balaban J connectivity index is 1.79. The zero-order valence-corrected chi connectivity index (χ0v) is 15.6. The number of hydrogen-bond acceptors (Lipinski definition) is 6. The summed E-state index contributed by atoms with van der Waals surface area (Å²) in [6.07, 6.45) is 1.97. The van der Waals surface area contributed by atoms with Crippen molar-refractivity contribution >= 4 is 0 Å². The standard InChI is InChI=1S/C21H22O6/c1-5-6-13-18(22)15(23-3)9-14-11(2)19(27-20(13)14)12-7-16(24-4)21-17(8-12)25-10-26-21/h5,7-9,11,19,22H,1,6,10H2,2-4H3. The van der Waals surface area contributed by atoms with E-state index in [4.69, 9.17) is 23.7 Å². The second kappa shape index (κ2) is 6.61. The number of benzene rings is 2. The fraction of sp³-hybridized carbons (Fsp3) is 0.333. The quantitative estimate of drug-likeness (QED) is 0.799. The molecule has 27 heavy (non-hydrogen) atoms. The van der Waals surface area contributed by atoms with E-state index in [1.54, 1.807) is 20.3 Å². The smallest absolute Gasteiger partial charge is 0.231 e. The number of aromatic hydroxyl groups is 1. The third-order valence-corrected chi connectivity index (χ3v) is 5.11. The molecule has 0 radical (unpaired) electrons. The first-order chi connectivity index (χ1) is 13.1. The lowest BCUT2D eigenvalue weighted by molar-refractivity contribution is 0.171. The Labute approximate surface area is 157 Å². The lowest BCUT2D eigenvalue weighted by atomic mass is 9.91. The molecule has 0 saturated carbocycles. The van der Waals surface area contributed by atoms with Crippen LogP contribution in [0.1, 0.15) is 35.6 Å². The van der Waals surface area contributed by atoms with E-state index >= 15 is 0 Å². The molecule has 1 N–H and O–H groups in total. The van der Waals surface area contributed by atoms with E-state index in [9.17, 15) is 5.11 Å². The summed E-state index contributed by atoms with van der Waals surface area (Å²) in [5, 5.41) is 10.5. The number of hydrogen-bond donors (Lipinski definition) is 1. The van der Waals surface area contributed by atoms with Crippen LogP contribution in [0, 0.1) is 0 Å². The van der Waals surface area contributed by atoms with Crippen LogP contribution >= 0.6 is 0 Å². The zero-order valence-electron chi connectivity index (χ0n) is 15.6. The molecule has 6 nitrogen and oxygen atoms in total. The molecular formula is C21H22O6. The molecular weight excluding hydrogens is 348 g/mol. The summed E-state index contributed by atoms with van der Waals surface area (Å²) in [6.45, 7) is 6.04. The Bertz CT molecular complexity index is 904. The van der Waals surface area contributed by atoms with Gasteiger partial charge in [0.1, 0.15) is 11.9 Å². The van der Waals surface area contributed by atoms with E-state index in [1.165, 1.54) is 0 Å². The van der Waals surface area contributed by atoms with Crippen molar-refractivity contribution in [3.05, 3.63) is 47.5 Å². The molecule has 0 aliphatic carbocycles. The van der Waals surface area contributed by atoms with E-state index in [0.717, 1.165) is 11.1 Å². The maximum absolute atomic E-state index is 10.5. The van der Waals surface area contributed by atoms with E-state index in [2.05, 4.69) is 13.5 Å². The van der Waals surface area contributed by atoms with Crippen molar-refractivity contribution in [2.45, 2.75) is 25.4 Å². The van der Waals surface area contributed by atoms with Gasteiger partial charge in [0, 0.05) is 22.6 Å². The summed E-state index contributed by atoms with van der Waals surface area (Å²) < 4.78 is 28.1. The Hall–Kier alpha value is -3.02. The summed E-state index contributed by atoms with van der Waals surface area (Å²) in [4.78, 5) is 0. The van der Waals surface area contributed by atoms with Gasteiger partial charge in [-0.25, -0.2) is 0 Å². The summed E-state index contributed by atoms with van der Waals surface area (Å²) in [5.74, 6) is 3.11. The molecule has 0 aromatic heterocycles. The second-order valence-corrected chi connectivity index (χ2v) is 6.60. The first-order valence-electron chi connectivity index (χ1n) is 8.76. The van der Waals surface area contributed by atoms with Crippen LogP contribution in [0.2, 0.25) is 0 Å². The van der Waals surface area contributed by atoms with Gasteiger partial charge in [-0.15, -0.1) is 6.58 Å². The fourth-order valence-electron chi connectivity index (χ4n) is 3.74. The van der Waals surface area contributed by atoms with Crippen LogP contribution in [0.15, 0.2) is 30.9 Å². The van der Waals surface area contributed by atoms with E-state index < -0.39 is 0 Å². The van der Waals surface area contributed by atoms with Crippen LogP contribution < -0.4 is 23.7 Å². The number of phenolic OH excluding ortho intramolecular Hbond substituents is 1. The van der Waals surface area contributed by atoms with Crippen molar-refractivity contribution in [1.29, 1.82) is 0 Å². The van der Waals surface area contributed by atoms with Gasteiger partial charge in [0.15, 0.2) is 23.0 Å². The van der Waals surface area contributed by atoms with Crippen LogP contribution in [0.4, 0.5) is 0 Å². The molecule has 2 aromatic carbocycles. The van der Waals surface area contributed by atoms with Crippen molar-refractivity contribution < 1.29 is 28.8 Å². The van der Waals surface area contributed by atoms with Gasteiger partial charge in [-0.2, -0.15) is 0 Å². The van der Waals surface area contributed by atoms with Crippen molar-refractivity contribution in [1.82, 2.24) is 0 Å². The molecule has 6 heteroatoms. The highest BCUT2D eigenvalue weighted by molar-refractivity contribution is 5.62. The van der Waals surface area contributed by atoms with Crippen LogP contribution in [0.25, 0.3) is 0 Å². The number of methoxy groups -OCH3 is 2. The molecule has 0 fully saturated rings. The summed E-state index contributed by atoms with van der Waals surface area (Å²) in [6, 6.07) is 5.67. The SMILES string of the molecule is C=CCc1c(O)c(OC)cc2c1OC(c1cc(OC)c3c(c1)OCO3)C2C. The third-order valence-electron chi connectivity index (χ3n) is 5.11. The van der Waals surface area contributed by atoms with Gasteiger partial charge >= 0.3 is 0 Å². The number of rotatable bonds is 5. The fourth-order valence-corrected chi connectivity index (χ4v) is 3.74. The highest BCUT2D eigenvalue weighted by Gasteiger charge is 2.37. The van der Waals surface area contributed by atoms with Crippen molar-refractivity contribution in [3.63, 3.8) is 0 Å². The van der Waals surface area contributed by atoms with Crippen molar-refractivity contribution in [2.24, 2.45) is 0 Å². The lowest BCUT2D eigenvalue weighted by Gasteiger charge is -2.18. The van der Waals surface area contributed by atoms with Gasteiger partial charge < -0.3 is 28.8 Å². The van der Waals surface area contributed by atoms with E-state index in [-0.39, 0.29) is 24.6 Å². The highest BCUT2D eigenvalue weighted by atomic mass is 16.7. The molecule has 0 bridgehead atoms. The van der Waals surface area contributed by atoms with Gasteiger partial charge in [-0.3, -0.25) is 0 Å². The molecule has 2 aromatic rings. The largest absolute Gasteiger partial charge is 0.504 e. The first-order valence-corrected chi connectivity index (χ1v) is 8.76. The summed E-state index contributed by atoms with van der Waals surface area (Å²) >= 11 is 0. The number of fused-ring (bicyclic) bond motifs is 2. The molecule has 0 spiro atoms. The minimum atomic E-state index is -0.251. The molecule has 2 unspecified atom stereocenters.